The summed E-state index contributed by atoms with van der Waals surface area (Å²) in [6.45, 7) is 11.1. The summed E-state index contributed by atoms with van der Waals surface area (Å²) in [6, 6.07) is 0. The summed E-state index contributed by atoms with van der Waals surface area (Å²) in [4.78, 5) is 7.53. The smallest absolute Gasteiger partial charge is 0.0110 e. The normalized spacial score (nSPS) is 19.1. The van der Waals surface area contributed by atoms with Gasteiger partial charge in [0.25, 0.3) is 0 Å². The lowest BCUT2D eigenvalue weighted by Gasteiger charge is -2.32. The van der Waals surface area contributed by atoms with E-state index in [1.807, 2.05) is 0 Å². The van der Waals surface area contributed by atoms with Crippen molar-refractivity contribution in [3.8, 4) is 0 Å². The first-order valence-corrected chi connectivity index (χ1v) is 7.32. The maximum absolute atomic E-state index is 2.61. The Labute approximate surface area is 108 Å². The molecule has 102 valence electrons. The summed E-state index contributed by atoms with van der Waals surface area (Å²) in [5.41, 5.74) is 0. The van der Waals surface area contributed by atoms with Gasteiger partial charge < -0.3 is 14.7 Å². The summed E-state index contributed by atoms with van der Waals surface area (Å²) in [5, 5.41) is 0. The van der Waals surface area contributed by atoms with Gasteiger partial charge in [0.15, 0.2) is 0 Å². The van der Waals surface area contributed by atoms with Crippen molar-refractivity contribution in [3.05, 3.63) is 0 Å². The number of hydrogen-bond acceptors (Lipinski definition) is 3. The minimum absolute atomic E-state index is 1.24. The van der Waals surface area contributed by atoms with E-state index in [2.05, 4.69) is 35.7 Å². The molecule has 1 aliphatic heterocycles. The second-order valence-corrected chi connectivity index (χ2v) is 5.51. The largest absolute Gasteiger partial charge is 0.306 e. The molecule has 0 aliphatic carbocycles. The Morgan fingerprint density at radius 1 is 0.941 bits per heavy atom. The average Bonchev–Trinajstić information content (AvgIpc) is 2.32. The summed E-state index contributed by atoms with van der Waals surface area (Å²) in [5.74, 6) is 0. The maximum Gasteiger partial charge on any atom is 0.0110 e. The van der Waals surface area contributed by atoms with Gasteiger partial charge in [0.2, 0.25) is 0 Å². The van der Waals surface area contributed by atoms with Gasteiger partial charge in [-0.25, -0.2) is 0 Å². The van der Waals surface area contributed by atoms with Crippen LogP contribution in [0.4, 0.5) is 0 Å². The monoisotopic (exact) mass is 241 g/mol. The van der Waals surface area contributed by atoms with Crippen LogP contribution < -0.4 is 0 Å². The van der Waals surface area contributed by atoms with E-state index in [1.165, 1.54) is 71.5 Å². The molecule has 0 aromatic rings. The fraction of sp³-hybridized carbons (Fsp3) is 1.00. The first-order valence-electron chi connectivity index (χ1n) is 7.32. The van der Waals surface area contributed by atoms with Crippen LogP contribution in [-0.2, 0) is 0 Å². The molecule has 0 amide bonds. The van der Waals surface area contributed by atoms with Crippen LogP contribution in [0.2, 0.25) is 0 Å². The summed E-state index contributed by atoms with van der Waals surface area (Å²) in [6.07, 6.45) is 5.39. The van der Waals surface area contributed by atoms with Crippen molar-refractivity contribution in [2.24, 2.45) is 0 Å². The number of likely N-dealkylation sites (N-methyl/N-ethyl adjacent to an activating group) is 1. The molecule has 1 fully saturated rings. The van der Waals surface area contributed by atoms with Gasteiger partial charge in [-0.15, -0.1) is 0 Å². The van der Waals surface area contributed by atoms with Crippen molar-refractivity contribution in [1.82, 2.24) is 14.7 Å². The van der Waals surface area contributed by atoms with Crippen LogP contribution in [0.5, 0.6) is 0 Å². The van der Waals surface area contributed by atoms with Crippen molar-refractivity contribution in [1.29, 1.82) is 0 Å². The summed E-state index contributed by atoms with van der Waals surface area (Å²) >= 11 is 0. The third-order valence-electron chi connectivity index (χ3n) is 3.75. The predicted molar refractivity (Wildman–Crippen MR) is 75.6 cm³/mol. The molecule has 3 nitrogen and oxygen atoms in total. The van der Waals surface area contributed by atoms with Gasteiger partial charge in [0.1, 0.15) is 0 Å². The van der Waals surface area contributed by atoms with Gasteiger partial charge in [-0.05, 0) is 46.6 Å². The molecule has 3 heteroatoms. The van der Waals surface area contributed by atoms with Gasteiger partial charge in [0, 0.05) is 26.2 Å². The SMILES string of the molecule is CCCCCN(C)CCCN1CCN(C)CC1. The topological polar surface area (TPSA) is 9.72 Å². The van der Waals surface area contributed by atoms with Crippen LogP contribution in [0.15, 0.2) is 0 Å². The molecule has 0 aromatic carbocycles. The van der Waals surface area contributed by atoms with E-state index in [0.717, 1.165) is 0 Å². The van der Waals surface area contributed by atoms with Gasteiger partial charge >= 0.3 is 0 Å². The Kier molecular flexibility index (Phi) is 7.82. The Bertz CT molecular complexity index is 176. The second kappa shape index (κ2) is 8.90. The molecule has 1 rings (SSSR count). The van der Waals surface area contributed by atoms with E-state index >= 15 is 0 Å². The Morgan fingerprint density at radius 2 is 1.59 bits per heavy atom. The number of nitrogens with zero attached hydrogens (tertiary/aromatic N) is 3. The highest BCUT2D eigenvalue weighted by molar-refractivity contribution is 4.69. The molecule has 0 N–H and O–H groups in total. The number of rotatable bonds is 8. The third kappa shape index (κ3) is 7.02. The van der Waals surface area contributed by atoms with E-state index < -0.39 is 0 Å². The zero-order valence-electron chi connectivity index (χ0n) is 12.1. The van der Waals surface area contributed by atoms with Crippen LogP contribution in [0, 0.1) is 0 Å². The Balaban J connectivity index is 1.95. The molecule has 0 radical (unpaired) electrons. The van der Waals surface area contributed by atoms with E-state index in [9.17, 15) is 0 Å². The van der Waals surface area contributed by atoms with Crippen LogP contribution in [0.3, 0.4) is 0 Å². The minimum Gasteiger partial charge on any atom is -0.306 e. The Morgan fingerprint density at radius 3 is 2.24 bits per heavy atom. The lowest BCUT2D eigenvalue weighted by atomic mass is 10.2. The average molecular weight is 241 g/mol. The van der Waals surface area contributed by atoms with E-state index in [1.54, 1.807) is 0 Å². The highest BCUT2D eigenvalue weighted by Gasteiger charge is 2.12. The molecule has 0 aromatic heterocycles. The standard InChI is InChI=1S/C14H31N3/c1-4-5-6-8-15(2)9-7-10-17-13-11-16(3)12-14-17/h4-14H2,1-3H3. The first-order chi connectivity index (χ1) is 8.22. The molecule has 0 bridgehead atoms. The quantitative estimate of drug-likeness (QED) is 0.599. The van der Waals surface area contributed by atoms with Crippen molar-refractivity contribution in [3.63, 3.8) is 0 Å². The number of unbranched alkanes of at least 4 members (excludes halogenated alkanes) is 2. The zero-order chi connectivity index (χ0) is 12.5. The highest BCUT2D eigenvalue weighted by Crippen LogP contribution is 2.01. The molecule has 1 heterocycles. The van der Waals surface area contributed by atoms with Crippen LogP contribution in [0.25, 0.3) is 0 Å². The highest BCUT2D eigenvalue weighted by atomic mass is 15.2. The second-order valence-electron chi connectivity index (χ2n) is 5.51. The maximum atomic E-state index is 2.61. The molecular weight excluding hydrogens is 210 g/mol. The van der Waals surface area contributed by atoms with Crippen molar-refractivity contribution < 1.29 is 0 Å². The van der Waals surface area contributed by atoms with Crippen molar-refractivity contribution in [2.45, 2.75) is 32.6 Å². The zero-order valence-corrected chi connectivity index (χ0v) is 12.1. The predicted octanol–water partition coefficient (Wildman–Crippen LogP) is 1.75. The minimum atomic E-state index is 1.24. The molecule has 0 saturated carbocycles. The Hall–Kier alpha value is -0.120. The van der Waals surface area contributed by atoms with Crippen LogP contribution >= 0.6 is 0 Å². The molecule has 1 saturated heterocycles. The molecule has 17 heavy (non-hydrogen) atoms. The van der Waals surface area contributed by atoms with Crippen molar-refractivity contribution in [2.75, 3.05) is 59.9 Å². The van der Waals surface area contributed by atoms with Gasteiger partial charge in [-0.2, -0.15) is 0 Å². The lowest BCUT2D eigenvalue weighted by Crippen LogP contribution is -2.45. The van der Waals surface area contributed by atoms with E-state index in [-0.39, 0.29) is 0 Å². The van der Waals surface area contributed by atoms with Crippen LogP contribution in [0.1, 0.15) is 32.6 Å². The van der Waals surface area contributed by atoms with Crippen molar-refractivity contribution >= 4 is 0 Å². The number of piperazine rings is 1. The van der Waals surface area contributed by atoms with Crippen LogP contribution in [-0.4, -0.2) is 74.6 Å². The molecule has 0 atom stereocenters. The number of hydrogen-bond donors (Lipinski definition) is 0. The van der Waals surface area contributed by atoms with Gasteiger partial charge in [-0.3, -0.25) is 0 Å². The van der Waals surface area contributed by atoms with Gasteiger partial charge in [0.05, 0.1) is 0 Å². The fourth-order valence-electron chi connectivity index (χ4n) is 2.38. The molecule has 0 spiro atoms. The summed E-state index contributed by atoms with van der Waals surface area (Å²) < 4.78 is 0. The summed E-state index contributed by atoms with van der Waals surface area (Å²) in [7, 11) is 4.48. The lowest BCUT2D eigenvalue weighted by molar-refractivity contribution is 0.148. The third-order valence-corrected chi connectivity index (χ3v) is 3.75. The van der Waals surface area contributed by atoms with E-state index in [4.69, 9.17) is 0 Å². The fourth-order valence-corrected chi connectivity index (χ4v) is 2.38. The first kappa shape index (κ1) is 14.9. The molecule has 1 aliphatic rings. The molecular formula is C14H31N3. The van der Waals surface area contributed by atoms with Gasteiger partial charge in [-0.1, -0.05) is 19.8 Å². The molecule has 0 unspecified atom stereocenters. The van der Waals surface area contributed by atoms with E-state index in [0.29, 0.717) is 0 Å².